The Labute approximate surface area is 140 Å². The Morgan fingerprint density at radius 2 is 1.78 bits per heavy atom. The van der Waals surface area contributed by atoms with E-state index in [1.807, 2.05) is 20.8 Å². The third-order valence-corrected chi connectivity index (χ3v) is 6.50. The van der Waals surface area contributed by atoms with Crippen LogP contribution in [0.2, 0.25) is 0 Å². The SMILES string of the molecule is CC(C)(C)OC(=O)N[C@@H]1CC[C@@]2(C)CC[C@@H]3CC2(C1)OC3(C)C. The molecule has 1 aliphatic heterocycles. The molecule has 3 fully saturated rings. The first-order valence-corrected chi connectivity index (χ1v) is 9.15. The summed E-state index contributed by atoms with van der Waals surface area (Å²) in [6.07, 6.45) is 6.43. The fourth-order valence-corrected chi connectivity index (χ4v) is 5.13. The first kappa shape index (κ1) is 17.1. The molecule has 4 atom stereocenters. The average molecular weight is 323 g/mol. The van der Waals surface area contributed by atoms with E-state index in [2.05, 4.69) is 26.1 Å². The highest BCUT2D eigenvalue weighted by Crippen LogP contribution is 2.63. The number of carbonyl (C=O) groups is 1. The van der Waals surface area contributed by atoms with Gasteiger partial charge in [-0.2, -0.15) is 0 Å². The second-order valence-corrected chi connectivity index (χ2v) is 9.79. The quantitative estimate of drug-likeness (QED) is 0.777. The topological polar surface area (TPSA) is 47.6 Å². The van der Waals surface area contributed by atoms with Crippen LogP contribution in [0.25, 0.3) is 0 Å². The Hall–Kier alpha value is -0.770. The number of fused-ring (bicyclic) bond motifs is 1. The number of ether oxygens (including phenoxy) is 2. The smallest absolute Gasteiger partial charge is 0.407 e. The number of rotatable bonds is 1. The van der Waals surface area contributed by atoms with Gasteiger partial charge in [-0.1, -0.05) is 6.92 Å². The highest BCUT2D eigenvalue weighted by molar-refractivity contribution is 5.68. The largest absolute Gasteiger partial charge is 0.444 e. The van der Waals surface area contributed by atoms with Gasteiger partial charge in [0.25, 0.3) is 0 Å². The second-order valence-electron chi connectivity index (χ2n) is 9.79. The molecule has 1 spiro atoms. The van der Waals surface area contributed by atoms with Crippen LogP contribution in [0.3, 0.4) is 0 Å². The number of hydrogen-bond acceptors (Lipinski definition) is 3. The van der Waals surface area contributed by atoms with Gasteiger partial charge in [0, 0.05) is 6.04 Å². The molecule has 3 rings (SSSR count). The molecule has 1 saturated heterocycles. The predicted octanol–water partition coefficient (Wildman–Crippen LogP) is 4.42. The van der Waals surface area contributed by atoms with Crippen molar-refractivity contribution in [3.63, 3.8) is 0 Å². The number of carbonyl (C=O) groups excluding carboxylic acids is 1. The van der Waals surface area contributed by atoms with E-state index in [4.69, 9.17) is 9.47 Å². The van der Waals surface area contributed by atoms with E-state index in [1.165, 1.54) is 12.8 Å². The maximum absolute atomic E-state index is 12.1. The maximum Gasteiger partial charge on any atom is 0.407 e. The lowest BCUT2D eigenvalue weighted by molar-refractivity contribution is -0.171. The Morgan fingerprint density at radius 1 is 1.13 bits per heavy atom. The van der Waals surface area contributed by atoms with Crippen molar-refractivity contribution in [1.29, 1.82) is 0 Å². The van der Waals surface area contributed by atoms with E-state index in [-0.39, 0.29) is 28.8 Å². The highest BCUT2D eigenvalue weighted by Gasteiger charge is 2.64. The van der Waals surface area contributed by atoms with E-state index in [0.29, 0.717) is 5.92 Å². The molecule has 132 valence electrons. The Balaban J connectivity index is 1.72. The molecule has 1 unspecified atom stereocenters. The number of hydrogen-bond donors (Lipinski definition) is 1. The van der Waals surface area contributed by atoms with Gasteiger partial charge >= 0.3 is 6.09 Å². The second kappa shape index (κ2) is 5.11. The number of alkyl carbamates (subject to hydrolysis) is 1. The standard InChI is InChI=1S/C19H33NO3/c1-16(2,3)22-15(21)20-14-8-10-18(6)9-7-13-11-19(18,12-14)23-17(13,4)5/h13-14H,7-12H2,1-6H3,(H,20,21)/t13-,14-,18-,19?/m1/s1. The van der Waals surface area contributed by atoms with Crippen molar-refractivity contribution in [2.45, 2.75) is 103 Å². The lowest BCUT2D eigenvalue weighted by Crippen LogP contribution is -2.57. The van der Waals surface area contributed by atoms with Crippen molar-refractivity contribution in [2.24, 2.45) is 11.3 Å². The normalized spacial score (nSPS) is 42.0. The molecule has 1 amide bonds. The van der Waals surface area contributed by atoms with Crippen LogP contribution in [0, 0.1) is 11.3 Å². The predicted molar refractivity (Wildman–Crippen MR) is 90.4 cm³/mol. The molecule has 1 heterocycles. The summed E-state index contributed by atoms with van der Waals surface area (Å²) in [4.78, 5) is 12.1. The molecule has 23 heavy (non-hydrogen) atoms. The van der Waals surface area contributed by atoms with E-state index in [1.54, 1.807) is 0 Å². The Morgan fingerprint density at radius 3 is 2.43 bits per heavy atom. The molecule has 1 N–H and O–H groups in total. The Kier molecular flexibility index (Phi) is 3.79. The van der Waals surface area contributed by atoms with E-state index in [0.717, 1.165) is 25.7 Å². The van der Waals surface area contributed by atoms with Gasteiger partial charge in [-0.05, 0) is 84.5 Å². The summed E-state index contributed by atoms with van der Waals surface area (Å²) in [7, 11) is 0. The van der Waals surface area contributed by atoms with Crippen LogP contribution >= 0.6 is 0 Å². The van der Waals surface area contributed by atoms with Gasteiger partial charge in [-0.25, -0.2) is 4.79 Å². The fourth-order valence-electron chi connectivity index (χ4n) is 5.13. The van der Waals surface area contributed by atoms with Gasteiger partial charge < -0.3 is 14.8 Å². The molecule has 0 aromatic heterocycles. The van der Waals surface area contributed by atoms with Gasteiger partial charge in [0.1, 0.15) is 5.60 Å². The van der Waals surface area contributed by atoms with Crippen LogP contribution in [0.1, 0.15) is 80.1 Å². The molecule has 2 aliphatic carbocycles. The van der Waals surface area contributed by atoms with Gasteiger partial charge in [0.2, 0.25) is 0 Å². The average Bonchev–Trinajstić information content (AvgIpc) is 2.57. The van der Waals surface area contributed by atoms with Crippen LogP contribution < -0.4 is 5.32 Å². The van der Waals surface area contributed by atoms with Crippen molar-refractivity contribution in [1.82, 2.24) is 5.32 Å². The van der Waals surface area contributed by atoms with Crippen molar-refractivity contribution in [2.75, 3.05) is 0 Å². The third kappa shape index (κ3) is 2.99. The summed E-state index contributed by atoms with van der Waals surface area (Å²) in [5.41, 5.74) is -0.306. The number of nitrogens with one attached hydrogen (secondary N) is 1. The van der Waals surface area contributed by atoms with Crippen LogP contribution in [0.5, 0.6) is 0 Å². The van der Waals surface area contributed by atoms with Crippen molar-refractivity contribution in [3.8, 4) is 0 Å². The minimum Gasteiger partial charge on any atom is -0.444 e. The molecule has 0 aromatic carbocycles. The van der Waals surface area contributed by atoms with Gasteiger partial charge in [-0.3, -0.25) is 0 Å². The maximum atomic E-state index is 12.1. The fraction of sp³-hybridized carbons (Fsp3) is 0.947. The Bertz CT molecular complexity index is 495. The van der Waals surface area contributed by atoms with Crippen LogP contribution in [0.15, 0.2) is 0 Å². The molecule has 2 bridgehead atoms. The summed E-state index contributed by atoms with van der Waals surface area (Å²) in [5, 5.41) is 3.09. The minimum absolute atomic E-state index is 0.0361. The summed E-state index contributed by atoms with van der Waals surface area (Å²) < 4.78 is 12.1. The minimum atomic E-state index is -0.451. The van der Waals surface area contributed by atoms with Crippen molar-refractivity contribution in [3.05, 3.63) is 0 Å². The van der Waals surface area contributed by atoms with E-state index < -0.39 is 5.60 Å². The highest BCUT2D eigenvalue weighted by atomic mass is 16.6. The summed E-state index contributed by atoms with van der Waals surface area (Å²) in [6, 6.07) is 0.158. The molecule has 4 nitrogen and oxygen atoms in total. The number of amides is 1. The van der Waals surface area contributed by atoms with Gasteiger partial charge in [-0.15, -0.1) is 0 Å². The molecule has 2 saturated carbocycles. The van der Waals surface area contributed by atoms with Crippen molar-refractivity contribution >= 4 is 6.09 Å². The molecule has 3 aliphatic rings. The molecular weight excluding hydrogens is 290 g/mol. The van der Waals surface area contributed by atoms with Crippen LogP contribution in [0.4, 0.5) is 4.79 Å². The zero-order valence-electron chi connectivity index (χ0n) is 15.6. The summed E-state index contributed by atoms with van der Waals surface area (Å²) in [5.74, 6) is 0.649. The molecule has 0 aromatic rings. The van der Waals surface area contributed by atoms with Gasteiger partial charge in [0.15, 0.2) is 0 Å². The lowest BCUT2D eigenvalue weighted by Gasteiger charge is -2.53. The van der Waals surface area contributed by atoms with Gasteiger partial charge in [0.05, 0.1) is 11.2 Å². The summed E-state index contributed by atoms with van der Waals surface area (Å²) >= 11 is 0. The first-order valence-electron chi connectivity index (χ1n) is 9.15. The van der Waals surface area contributed by atoms with E-state index >= 15 is 0 Å². The molecule has 4 heteroatoms. The summed E-state index contributed by atoms with van der Waals surface area (Å²) in [6.45, 7) is 12.6. The zero-order valence-corrected chi connectivity index (χ0v) is 15.6. The van der Waals surface area contributed by atoms with E-state index in [9.17, 15) is 4.79 Å². The van der Waals surface area contributed by atoms with Crippen LogP contribution in [-0.4, -0.2) is 28.9 Å². The lowest BCUT2D eigenvalue weighted by atomic mass is 9.55. The molecule has 0 radical (unpaired) electrons. The van der Waals surface area contributed by atoms with Crippen LogP contribution in [-0.2, 0) is 9.47 Å². The van der Waals surface area contributed by atoms with Crippen molar-refractivity contribution < 1.29 is 14.3 Å². The zero-order chi connectivity index (χ0) is 17.1. The first-order chi connectivity index (χ1) is 10.4. The monoisotopic (exact) mass is 323 g/mol. The molecular formula is C19H33NO3. The third-order valence-electron chi connectivity index (χ3n) is 6.50.